The van der Waals surface area contributed by atoms with Gasteiger partial charge in [0.25, 0.3) is 0 Å². The summed E-state index contributed by atoms with van der Waals surface area (Å²) in [5.41, 5.74) is 1.51. The maximum atomic E-state index is 10.7. The van der Waals surface area contributed by atoms with Gasteiger partial charge in [-0.3, -0.25) is 14.8 Å². The van der Waals surface area contributed by atoms with E-state index < -0.39 is 11.8 Å². The van der Waals surface area contributed by atoms with Gasteiger partial charge < -0.3 is 0 Å². The van der Waals surface area contributed by atoms with Gasteiger partial charge in [0.05, 0.1) is 0 Å². The largest absolute Gasteiger partial charge is 0.300 e. The number of carbonyl (C=O) groups excluding carboxylic acids is 2. The number of carbonyl (C=O) groups is 2. The first-order valence-electron chi connectivity index (χ1n) is 3.45. The highest BCUT2D eigenvalue weighted by Gasteiger charge is 2.22. The second-order valence-corrected chi connectivity index (χ2v) is 2.66. The maximum absolute atomic E-state index is 10.7. The molecular formula is C7H13NO3. The molecule has 0 heterocycles. The van der Waals surface area contributed by atoms with Crippen molar-refractivity contribution >= 4 is 11.7 Å². The van der Waals surface area contributed by atoms with Crippen LogP contribution >= 0.6 is 0 Å². The molecule has 2 atom stereocenters. The van der Waals surface area contributed by atoms with Crippen LogP contribution in [0, 0.1) is 11.8 Å². The maximum Gasteiger partial charge on any atom is 0.246 e. The molecule has 0 aliphatic heterocycles. The van der Waals surface area contributed by atoms with E-state index >= 15 is 0 Å². The monoisotopic (exact) mass is 159 g/mol. The standard InChI is InChI=1S/C7H13NO3/c1-4(6(3)9)5(2)7(10)8-11/h4-5,11H,1-3H3,(H,8,10). The molecule has 64 valence electrons. The highest BCUT2D eigenvalue weighted by molar-refractivity contribution is 5.86. The Bertz CT molecular complexity index is 167. The lowest BCUT2D eigenvalue weighted by Gasteiger charge is -2.13. The van der Waals surface area contributed by atoms with Crippen molar-refractivity contribution in [1.82, 2.24) is 5.48 Å². The lowest BCUT2D eigenvalue weighted by atomic mass is 9.92. The van der Waals surface area contributed by atoms with Crippen LogP contribution in [0.5, 0.6) is 0 Å². The highest BCUT2D eigenvalue weighted by Crippen LogP contribution is 2.11. The summed E-state index contributed by atoms with van der Waals surface area (Å²) in [6.07, 6.45) is 0. The molecule has 0 aliphatic rings. The fourth-order valence-corrected chi connectivity index (χ4v) is 0.681. The molecule has 0 aliphatic carbocycles. The summed E-state index contributed by atoms with van der Waals surface area (Å²) in [4.78, 5) is 21.5. The summed E-state index contributed by atoms with van der Waals surface area (Å²) in [6.45, 7) is 4.67. The molecule has 2 unspecified atom stereocenters. The number of rotatable bonds is 3. The van der Waals surface area contributed by atoms with Crippen LogP contribution in [0.4, 0.5) is 0 Å². The Hall–Kier alpha value is -0.900. The van der Waals surface area contributed by atoms with Gasteiger partial charge in [-0.05, 0) is 6.92 Å². The van der Waals surface area contributed by atoms with Crippen LogP contribution in [-0.2, 0) is 9.59 Å². The molecule has 4 heteroatoms. The van der Waals surface area contributed by atoms with Crippen LogP contribution < -0.4 is 5.48 Å². The molecule has 0 radical (unpaired) electrons. The van der Waals surface area contributed by atoms with Crippen LogP contribution in [0.2, 0.25) is 0 Å². The zero-order valence-corrected chi connectivity index (χ0v) is 6.92. The van der Waals surface area contributed by atoms with Gasteiger partial charge in [-0.25, -0.2) is 5.48 Å². The average molecular weight is 159 g/mol. The van der Waals surface area contributed by atoms with Crippen LogP contribution in [0.25, 0.3) is 0 Å². The highest BCUT2D eigenvalue weighted by atomic mass is 16.5. The minimum atomic E-state index is -0.521. The predicted octanol–water partition coefficient (Wildman–Crippen LogP) is 0.353. The molecule has 0 rings (SSSR count). The molecular weight excluding hydrogens is 146 g/mol. The molecule has 0 saturated heterocycles. The molecule has 0 fully saturated rings. The van der Waals surface area contributed by atoms with Crippen molar-refractivity contribution in [2.75, 3.05) is 0 Å². The van der Waals surface area contributed by atoms with Crippen molar-refractivity contribution in [3.8, 4) is 0 Å². The van der Waals surface area contributed by atoms with Gasteiger partial charge in [0.1, 0.15) is 5.78 Å². The molecule has 0 aromatic carbocycles. The molecule has 2 N–H and O–H groups in total. The Labute approximate surface area is 65.6 Å². The molecule has 11 heavy (non-hydrogen) atoms. The van der Waals surface area contributed by atoms with Crippen LogP contribution in [0.1, 0.15) is 20.8 Å². The fraction of sp³-hybridized carbons (Fsp3) is 0.714. The molecule has 0 bridgehead atoms. The lowest BCUT2D eigenvalue weighted by Crippen LogP contribution is -2.32. The Balaban J connectivity index is 4.12. The minimum absolute atomic E-state index is 0.0545. The van der Waals surface area contributed by atoms with E-state index in [1.165, 1.54) is 12.4 Å². The van der Waals surface area contributed by atoms with Gasteiger partial charge in [0.2, 0.25) is 5.91 Å². The molecule has 0 spiro atoms. The first-order chi connectivity index (χ1) is 5.00. The number of nitrogens with one attached hydrogen (secondary N) is 1. The number of amides is 1. The molecule has 1 amide bonds. The Morgan fingerprint density at radius 3 is 2.00 bits per heavy atom. The Kier molecular flexibility index (Phi) is 3.74. The molecule has 0 aromatic heterocycles. The van der Waals surface area contributed by atoms with Crippen molar-refractivity contribution < 1.29 is 14.8 Å². The Morgan fingerprint density at radius 1 is 1.27 bits per heavy atom. The van der Waals surface area contributed by atoms with Crippen molar-refractivity contribution in [3.05, 3.63) is 0 Å². The summed E-state index contributed by atoms with van der Waals surface area (Å²) in [7, 11) is 0. The summed E-state index contributed by atoms with van der Waals surface area (Å²) in [5.74, 6) is -1.39. The van der Waals surface area contributed by atoms with Crippen LogP contribution in [-0.4, -0.2) is 16.9 Å². The zero-order valence-electron chi connectivity index (χ0n) is 6.92. The van der Waals surface area contributed by atoms with Gasteiger partial charge in [0.15, 0.2) is 0 Å². The summed E-state index contributed by atoms with van der Waals surface area (Å²) < 4.78 is 0. The number of Topliss-reactive ketones (excluding diaryl/α,β-unsaturated/α-hetero) is 1. The van der Waals surface area contributed by atoms with E-state index in [-0.39, 0.29) is 11.7 Å². The molecule has 4 nitrogen and oxygen atoms in total. The van der Waals surface area contributed by atoms with E-state index in [4.69, 9.17) is 5.21 Å². The average Bonchev–Trinajstić information content (AvgIpc) is 2.00. The first-order valence-corrected chi connectivity index (χ1v) is 3.45. The number of hydroxylamine groups is 1. The normalized spacial score (nSPS) is 15.3. The van der Waals surface area contributed by atoms with E-state index in [9.17, 15) is 9.59 Å². The Morgan fingerprint density at radius 2 is 1.73 bits per heavy atom. The SMILES string of the molecule is CC(=O)C(C)C(C)C(=O)NO. The van der Waals surface area contributed by atoms with E-state index in [1.54, 1.807) is 13.8 Å². The third-order valence-electron chi connectivity index (χ3n) is 1.91. The quantitative estimate of drug-likeness (QED) is 0.461. The molecule has 0 aromatic rings. The van der Waals surface area contributed by atoms with Crippen molar-refractivity contribution in [3.63, 3.8) is 0 Å². The van der Waals surface area contributed by atoms with Crippen molar-refractivity contribution in [1.29, 1.82) is 0 Å². The van der Waals surface area contributed by atoms with Crippen LogP contribution in [0.3, 0.4) is 0 Å². The summed E-state index contributed by atoms with van der Waals surface area (Å²) in [5, 5.41) is 8.23. The van der Waals surface area contributed by atoms with Gasteiger partial charge >= 0.3 is 0 Å². The van der Waals surface area contributed by atoms with Crippen molar-refractivity contribution in [2.24, 2.45) is 11.8 Å². The predicted molar refractivity (Wildman–Crippen MR) is 38.9 cm³/mol. The van der Waals surface area contributed by atoms with E-state index in [1.807, 2.05) is 0 Å². The topological polar surface area (TPSA) is 66.4 Å². The molecule has 0 saturated carbocycles. The van der Waals surface area contributed by atoms with Gasteiger partial charge in [-0.2, -0.15) is 0 Å². The van der Waals surface area contributed by atoms with E-state index in [2.05, 4.69) is 0 Å². The minimum Gasteiger partial charge on any atom is -0.300 e. The van der Waals surface area contributed by atoms with Gasteiger partial charge in [-0.1, -0.05) is 13.8 Å². The second kappa shape index (κ2) is 4.08. The fourth-order valence-electron chi connectivity index (χ4n) is 0.681. The second-order valence-electron chi connectivity index (χ2n) is 2.66. The van der Waals surface area contributed by atoms with Crippen LogP contribution in [0.15, 0.2) is 0 Å². The van der Waals surface area contributed by atoms with Crippen molar-refractivity contribution in [2.45, 2.75) is 20.8 Å². The number of hydrogen-bond acceptors (Lipinski definition) is 3. The van der Waals surface area contributed by atoms with Gasteiger partial charge in [0, 0.05) is 11.8 Å². The number of hydrogen-bond donors (Lipinski definition) is 2. The third kappa shape index (κ3) is 2.67. The third-order valence-corrected chi connectivity index (χ3v) is 1.91. The van der Waals surface area contributed by atoms with E-state index in [0.29, 0.717) is 0 Å². The van der Waals surface area contributed by atoms with Gasteiger partial charge in [-0.15, -0.1) is 0 Å². The lowest BCUT2D eigenvalue weighted by molar-refractivity contribution is -0.137. The summed E-state index contributed by atoms with van der Waals surface area (Å²) in [6, 6.07) is 0. The zero-order chi connectivity index (χ0) is 9.02. The van der Waals surface area contributed by atoms with E-state index in [0.717, 1.165) is 0 Å². The number of ketones is 1. The first kappa shape index (κ1) is 10.1. The summed E-state index contributed by atoms with van der Waals surface area (Å²) >= 11 is 0. The smallest absolute Gasteiger partial charge is 0.246 e.